The second-order valence-electron chi connectivity index (χ2n) is 3.14. The van der Waals surface area contributed by atoms with Crippen LogP contribution in [0, 0.1) is 5.41 Å². The molecule has 0 aliphatic rings. The van der Waals surface area contributed by atoms with Crippen LogP contribution in [0.1, 0.15) is 26.7 Å². The number of rotatable bonds is 5. The van der Waals surface area contributed by atoms with Gasteiger partial charge < -0.3 is 15.0 Å². The van der Waals surface area contributed by atoms with Crippen molar-refractivity contribution in [2.24, 2.45) is 5.41 Å². The van der Waals surface area contributed by atoms with E-state index in [1.807, 2.05) is 0 Å². The highest BCUT2D eigenvalue weighted by Crippen LogP contribution is 2.23. The van der Waals surface area contributed by atoms with Crippen LogP contribution in [0.15, 0.2) is 0 Å². The molecule has 0 atom stereocenters. The van der Waals surface area contributed by atoms with Crippen molar-refractivity contribution in [2.75, 3.05) is 0 Å². The lowest BCUT2D eigenvalue weighted by molar-refractivity contribution is -0.163. The highest BCUT2D eigenvalue weighted by atomic mass is 16.4. The fraction of sp³-hybridized carbons (Fsp3) is 0.625. The third-order valence-corrected chi connectivity index (χ3v) is 1.92. The smallest absolute Gasteiger partial charge is 0.320 e. The standard InChI is InChI=1S/C8H12O5/c1-5(9)3-4-8(2,6(10)11)7(12)13/h3-4H2,1-2H3,(H,10,11)(H,12,13). The molecule has 0 aliphatic carbocycles. The van der Waals surface area contributed by atoms with Gasteiger partial charge in [0.1, 0.15) is 5.78 Å². The van der Waals surface area contributed by atoms with E-state index in [4.69, 9.17) is 10.2 Å². The molecule has 5 nitrogen and oxygen atoms in total. The molecule has 0 unspecified atom stereocenters. The van der Waals surface area contributed by atoms with Crippen molar-refractivity contribution in [3.05, 3.63) is 0 Å². The van der Waals surface area contributed by atoms with Gasteiger partial charge in [0.25, 0.3) is 0 Å². The largest absolute Gasteiger partial charge is 0.480 e. The summed E-state index contributed by atoms with van der Waals surface area (Å²) < 4.78 is 0. The maximum Gasteiger partial charge on any atom is 0.320 e. The van der Waals surface area contributed by atoms with Crippen molar-refractivity contribution in [1.29, 1.82) is 0 Å². The van der Waals surface area contributed by atoms with Crippen molar-refractivity contribution >= 4 is 17.7 Å². The van der Waals surface area contributed by atoms with E-state index in [-0.39, 0.29) is 18.6 Å². The first-order valence-electron chi connectivity index (χ1n) is 3.77. The number of carboxylic acids is 2. The summed E-state index contributed by atoms with van der Waals surface area (Å²) in [6.45, 7) is 2.39. The summed E-state index contributed by atoms with van der Waals surface area (Å²) in [5.74, 6) is -3.05. The van der Waals surface area contributed by atoms with Crippen LogP contribution in [-0.4, -0.2) is 27.9 Å². The Bertz CT molecular complexity index is 229. The Morgan fingerprint density at radius 1 is 1.15 bits per heavy atom. The van der Waals surface area contributed by atoms with Crippen LogP contribution in [0.5, 0.6) is 0 Å². The van der Waals surface area contributed by atoms with Gasteiger partial charge in [0.05, 0.1) is 0 Å². The number of hydrogen-bond acceptors (Lipinski definition) is 3. The van der Waals surface area contributed by atoms with Gasteiger partial charge in [-0.1, -0.05) is 0 Å². The molecule has 0 fully saturated rings. The van der Waals surface area contributed by atoms with E-state index in [0.29, 0.717) is 0 Å². The Morgan fingerprint density at radius 3 is 1.77 bits per heavy atom. The van der Waals surface area contributed by atoms with Gasteiger partial charge >= 0.3 is 11.9 Å². The molecule has 0 bridgehead atoms. The Morgan fingerprint density at radius 2 is 1.54 bits per heavy atom. The molecule has 0 heterocycles. The van der Waals surface area contributed by atoms with E-state index in [2.05, 4.69) is 0 Å². The molecule has 0 aromatic rings. The van der Waals surface area contributed by atoms with Gasteiger partial charge in [0, 0.05) is 6.42 Å². The number of carbonyl (C=O) groups excluding carboxylic acids is 1. The molecule has 0 saturated carbocycles. The van der Waals surface area contributed by atoms with E-state index >= 15 is 0 Å². The van der Waals surface area contributed by atoms with Gasteiger partial charge in [0.2, 0.25) is 0 Å². The van der Waals surface area contributed by atoms with Crippen LogP contribution in [0.4, 0.5) is 0 Å². The fourth-order valence-electron chi connectivity index (χ4n) is 0.731. The Labute approximate surface area is 75.4 Å². The number of Topliss-reactive ketones (excluding diaryl/α,β-unsaturated/α-hetero) is 1. The van der Waals surface area contributed by atoms with E-state index < -0.39 is 17.4 Å². The summed E-state index contributed by atoms with van der Waals surface area (Å²) in [5.41, 5.74) is -1.86. The van der Waals surface area contributed by atoms with E-state index in [0.717, 1.165) is 6.92 Å². The van der Waals surface area contributed by atoms with Crippen molar-refractivity contribution in [2.45, 2.75) is 26.7 Å². The first-order valence-corrected chi connectivity index (χ1v) is 3.77. The van der Waals surface area contributed by atoms with Gasteiger partial charge in [-0.3, -0.25) is 9.59 Å². The van der Waals surface area contributed by atoms with Crippen LogP contribution < -0.4 is 0 Å². The highest BCUT2D eigenvalue weighted by molar-refractivity contribution is 5.98. The SMILES string of the molecule is CC(=O)CCC(C)(C(=O)O)C(=O)O. The number of carbonyl (C=O) groups is 3. The first-order chi connectivity index (χ1) is 5.80. The predicted octanol–water partition coefficient (Wildman–Crippen LogP) is 0.531. The summed E-state index contributed by atoms with van der Waals surface area (Å²) >= 11 is 0. The van der Waals surface area contributed by atoms with E-state index in [1.54, 1.807) is 0 Å². The Balaban J connectivity index is 4.52. The third-order valence-electron chi connectivity index (χ3n) is 1.92. The lowest BCUT2D eigenvalue weighted by atomic mass is 9.85. The summed E-state index contributed by atoms with van der Waals surface area (Å²) in [4.78, 5) is 31.7. The maximum absolute atomic E-state index is 10.6. The van der Waals surface area contributed by atoms with Gasteiger partial charge in [-0.2, -0.15) is 0 Å². The highest BCUT2D eigenvalue weighted by Gasteiger charge is 2.41. The van der Waals surface area contributed by atoms with E-state index in [9.17, 15) is 14.4 Å². The minimum absolute atomic E-state index is 0.0326. The second kappa shape index (κ2) is 4.02. The average Bonchev–Trinajstić information content (AvgIpc) is 1.99. The molecule has 2 N–H and O–H groups in total. The molecule has 13 heavy (non-hydrogen) atoms. The lowest BCUT2D eigenvalue weighted by Crippen LogP contribution is -2.36. The molecule has 5 heteroatoms. The topological polar surface area (TPSA) is 91.7 Å². The molecule has 0 aromatic carbocycles. The molecule has 0 spiro atoms. The van der Waals surface area contributed by atoms with Crippen LogP contribution in [0.2, 0.25) is 0 Å². The zero-order valence-electron chi connectivity index (χ0n) is 7.53. The third kappa shape index (κ3) is 2.85. The minimum atomic E-state index is -1.86. The van der Waals surface area contributed by atoms with Crippen LogP contribution in [0.25, 0.3) is 0 Å². The normalized spacial score (nSPS) is 10.9. The minimum Gasteiger partial charge on any atom is -0.480 e. The van der Waals surface area contributed by atoms with Crippen molar-refractivity contribution in [3.8, 4) is 0 Å². The number of ketones is 1. The van der Waals surface area contributed by atoms with Crippen molar-refractivity contribution < 1.29 is 24.6 Å². The molecule has 0 aliphatic heterocycles. The Kier molecular flexibility index (Phi) is 3.59. The molecule has 0 saturated heterocycles. The molecule has 0 amide bonds. The maximum atomic E-state index is 10.6. The van der Waals surface area contributed by atoms with Crippen molar-refractivity contribution in [3.63, 3.8) is 0 Å². The van der Waals surface area contributed by atoms with Crippen LogP contribution in [0.3, 0.4) is 0 Å². The van der Waals surface area contributed by atoms with Crippen molar-refractivity contribution in [1.82, 2.24) is 0 Å². The summed E-state index contributed by atoms with van der Waals surface area (Å²) in [6, 6.07) is 0. The molecule has 0 aromatic heterocycles. The quantitative estimate of drug-likeness (QED) is 0.614. The Hall–Kier alpha value is -1.39. The number of aliphatic carboxylic acids is 2. The number of carboxylic acid groups (broad SMARTS) is 2. The fourth-order valence-corrected chi connectivity index (χ4v) is 0.731. The second-order valence-corrected chi connectivity index (χ2v) is 3.14. The van der Waals surface area contributed by atoms with E-state index in [1.165, 1.54) is 6.92 Å². The van der Waals surface area contributed by atoms with Gasteiger partial charge in [0.15, 0.2) is 5.41 Å². The first kappa shape index (κ1) is 11.6. The van der Waals surface area contributed by atoms with Gasteiger partial charge in [-0.15, -0.1) is 0 Å². The van der Waals surface area contributed by atoms with Crippen LogP contribution in [-0.2, 0) is 14.4 Å². The summed E-state index contributed by atoms with van der Waals surface area (Å²) in [5, 5.41) is 17.2. The zero-order valence-corrected chi connectivity index (χ0v) is 7.53. The summed E-state index contributed by atoms with van der Waals surface area (Å²) in [6.07, 6.45) is -0.206. The average molecular weight is 188 g/mol. The summed E-state index contributed by atoms with van der Waals surface area (Å²) in [7, 11) is 0. The molecule has 74 valence electrons. The van der Waals surface area contributed by atoms with Crippen LogP contribution >= 0.6 is 0 Å². The molecular weight excluding hydrogens is 176 g/mol. The number of hydrogen-bond donors (Lipinski definition) is 2. The monoisotopic (exact) mass is 188 g/mol. The zero-order chi connectivity index (χ0) is 10.6. The lowest BCUT2D eigenvalue weighted by Gasteiger charge is -2.18. The molecule has 0 radical (unpaired) electrons. The molecule has 0 rings (SSSR count). The predicted molar refractivity (Wildman–Crippen MR) is 43.3 cm³/mol. The molecular formula is C8H12O5. The van der Waals surface area contributed by atoms with Gasteiger partial charge in [-0.25, -0.2) is 0 Å². The van der Waals surface area contributed by atoms with Gasteiger partial charge in [-0.05, 0) is 20.3 Å².